The Kier molecular flexibility index (Phi) is 6.31. The number of rotatable bonds is 8. The standard InChI is InChI=1S/C14H24N2O2S/c1-4-10-15-11-12-19(17,18)16(5-2)14-9-7-6-8-13(14)3/h6-9,15H,4-5,10-12H2,1-3H3. The van der Waals surface area contributed by atoms with E-state index in [4.69, 9.17) is 0 Å². The summed E-state index contributed by atoms with van der Waals surface area (Å²) >= 11 is 0. The van der Waals surface area contributed by atoms with Gasteiger partial charge in [0.05, 0.1) is 11.4 Å². The number of nitrogens with one attached hydrogen (secondary N) is 1. The zero-order valence-electron chi connectivity index (χ0n) is 12.0. The predicted molar refractivity (Wildman–Crippen MR) is 81.1 cm³/mol. The Morgan fingerprint density at radius 3 is 2.42 bits per heavy atom. The van der Waals surface area contributed by atoms with Gasteiger partial charge in [-0.05, 0) is 38.4 Å². The number of hydrogen-bond acceptors (Lipinski definition) is 3. The first kappa shape index (κ1) is 16.0. The van der Waals surface area contributed by atoms with Gasteiger partial charge in [0.2, 0.25) is 10.0 Å². The van der Waals surface area contributed by atoms with Gasteiger partial charge >= 0.3 is 0 Å². The van der Waals surface area contributed by atoms with Crippen LogP contribution in [0.3, 0.4) is 0 Å². The van der Waals surface area contributed by atoms with Gasteiger partial charge in [0.1, 0.15) is 0 Å². The molecule has 0 aromatic heterocycles. The lowest BCUT2D eigenvalue weighted by Gasteiger charge is -2.24. The van der Waals surface area contributed by atoms with Crippen LogP contribution in [0.15, 0.2) is 24.3 Å². The minimum Gasteiger partial charge on any atom is -0.316 e. The van der Waals surface area contributed by atoms with Crippen molar-refractivity contribution < 1.29 is 8.42 Å². The highest BCUT2D eigenvalue weighted by Crippen LogP contribution is 2.22. The van der Waals surface area contributed by atoms with Crippen LogP contribution in [0, 0.1) is 6.92 Å². The van der Waals surface area contributed by atoms with Gasteiger partial charge in [-0.25, -0.2) is 8.42 Å². The molecule has 0 aliphatic carbocycles. The fourth-order valence-electron chi connectivity index (χ4n) is 1.97. The summed E-state index contributed by atoms with van der Waals surface area (Å²) in [5.74, 6) is 0.134. The summed E-state index contributed by atoms with van der Waals surface area (Å²) in [6.45, 7) is 7.67. The molecular weight excluding hydrogens is 260 g/mol. The van der Waals surface area contributed by atoms with Crippen molar-refractivity contribution in [2.24, 2.45) is 0 Å². The Morgan fingerprint density at radius 1 is 1.16 bits per heavy atom. The summed E-state index contributed by atoms with van der Waals surface area (Å²) in [4.78, 5) is 0. The Hall–Kier alpha value is -1.07. The molecule has 0 atom stereocenters. The molecule has 0 fully saturated rings. The number of benzene rings is 1. The number of anilines is 1. The Balaban J connectivity index is 2.81. The van der Waals surface area contributed by atoms with Gasteiger partial charge < -0.3 is 5.32 Å². The van der Waals surface area contributed by atoms with Crippen molar-refractivity contribution in [2.75, 3.05) is 29.7 Å². The molecule has 0 radical (unpaired) electrons. The molecule has 0 aliphatic rings. The first-order valence-electron chi connectivity index (χ1n) is 6.79. The van der Waals surface area contributed by atoms with Crippen molar-refractivity contribution in [1.82, 2.24) is 5.32 Å². The summed E-state index contributed by atoms with van der Waals surface area (Å²) in [6, 6.07) is 7.58. The molecule has 0 aliphatic heterocycles. The molecular formula is C14H24N2O2S. The Morgan fingerprint density at radius 2 is 1.84 bits per heavy atom. The van der Waals surface area contributed by atoms with E-state index in [-0.39, 0.29) is 5.75 Å². The molecule has 1 N–H and O–H groups in total. The van der Waals surface area contributed by atoms with Crippen molar-refractivity contribution in [1.29, 1.82) is 0 Å². The Labute approximate surface area is 116 Å². The Bertz CT molecular complexity index is 486. The van der Waals surface area contributed by atoms with Crippen LogP contribution < -0.4 is 9.62 Å². The topological polar surface area (TPSA) is 49.4 Å². The van der Waals surface area contributed by atoms with E-state index in [0.29, 0.717) is 13.1 Å². The molecule has 1 aromatic carbocycles. The van der Waals surface area contributed by atoms with E-state index in [1.807, 2.05) is 38.1 Å². The molecule has 0 spiro atoms. The third kappa shape index (κ3) is 4.51. The number of sulfonamides is 1. The maximum atomic E-state index is 12.4. The molecule has 4 nitrogen and oxygen atoms in total. The summed E-state index contributed by atoms with van der Waals surface area (Å²) in [6.07, 6.45) is 1.01. The summed E-state index contributed by atoms with van der Waals surface area (Å²) < 4.78 is 26.2. The van der Waals surface area contributed by atoms with Gasteiger partial charge in [-0.3, -0.25) is 4.31 Å². The monoisotopic (exact) mass is 284 g/mol. The van der Waals surface area contributed by atoms with Gasteiger partial charge in [-0.15, -0.1) is 0 Å². The zero-order chi connectivity index (χ0) is 14.3. The van der Waals surface area contributed by atoms with Crippen molar-refractivity contribution in [3.63, 3.8) is 0 Å². The van der Waals surface area contributed by atoms with Crippen LogP contribution in [0.25, 0.3) is 0 Å². The molecule has 108 valence electrons. The number of nitrogens with zero attached hydrogens (tertiary/aromatic N) is 1. The van der Waals surface area contributed by atoms with Gasteiger partial charge in [-0.1, -0.05) is 25.1 Å². The highest BCUT2D eigenvalue weighted by Gasteiger charge is 2.21. The molecule has 1 rings (SSSR count). The number of aryl methyl sites for hydroxylation is 1. The molecule has 5 heteroatoms. The second-order valence-corrected chi connectivity index (χ2v) is 6.53. The molecule has 0 saturated heterocycles. The van der Waals surface area contributed by atoms with Crippen LogP contribution >= 0.6 is 0 Å². The van der Waals surface area contributed by atoms with Crippen molar-refractivity contribution in [3.8, 4) is 0 Å². The molecule has 19 heavy (non-hydrogen) atoms. The highest BCUT2D eigenvalue weighted by atomic mass is 32.2. The SMILES string of the molecule is CCCNCCS(=O)(=O)N(CC)c1ccccc1C. The molecule has 0 amide bonds. The molecule has 0 saturated carbocycles. The van der Waals surface area contributed by atoms with Crippen LogP contribution in [0.2, 0.25) is 0 Å². The van der Waals surface area contributed by atoms with Crippen LogP contribution in [-0.2, 0) is 10.0 Å². The number of hydrogen-bond donors (Lipinski definition) is 1. The second kappa shape index (κ2) is 7.50. The minimum atomic E-state index is -3.26. The normalized spacial score (nSPS) is 11.5. The smallest absolute Gasteiger partial charge is 0.236 e. The summed E-state index contributed by atoms with van der Waals surface area (Å²) in [5, 5.41) is 3.13. The first-order chi connectivity index (χ1) is 9.03. The number of para-hydroxylation sites is 1. The molecule has 0 heterocycles. The quantitative estimate of drug-likeness (QED) is 0.744. The lowest BCUT2D eigenvalue weighted by Crippen LogP contribution is -2.36. The van der Waals surface area contributed by atoms with E-state index in [1.165, 1.54) is 4.31 Å². The van der Waals surface area contributed by atoms with Gasteiger partial charge in [0, 0.05) is 13.1 Å². The maximum absolute atomic E-state index is 12.4. The lowest BCUT2D eigenvalue weighted by atomic mass is 10.2. The van der Waals surface area contributed by atoms with Gasteiger partial charge in [0.15, 0.2) is 0 Å². The molecule has 0 unspecified atom stereocenters. The van der Waals surface area contributed by atoms with Crippen LogP contribution in [0.5, 0.6) is 0 Å². The zero-order valence-corrected chi connectivity index (χ0v) is 12.8. The van der Waals surface area contributed by atoms with Crippen molar-refractivity contribution in [2.45, 2.75) is 27.2 Å². The van der Waals surface area contributed by atoms with E-state index in [0.717, 1.165) is 24.2 Å². The average Bonchev–Trinajstić information content (AvgIpc) is 2.37. The van der Waals surface area contributed by atoms with E-state index in [2.05, 4.69) is 12.2 Å². The maximum Gasteiger partial charge on any atom is 0.236 e. The van der Waals surface area contributed by atoms with E-state index >= 15 is 0 Å². The second-order valence-electron chi connectivity index (χ2n) is 4.52. The van der Waals surface area contributed by atoms with Gasteiger partial charge in [0.25, 0.3) is 0 Å². The van der Waals surface area contributed by atoms with E-state index < -0.39 is 10.0 Å². The van der Waals surface area contributed by atoms with Crippen LogP contribution in [0.4, 0.5) is 5.69 Å². The highest BCUT2D eigenvalue weighted by molar-refractivity contribution is 7.92. The third-order valence-corrected chi connectivity index (χ3v) is 4.82. The third-order valence-electron chi connectivity index (χ3n) is 2.97. The van der Waals surface area contributed by atoms with E-state index in [9.17, 15) is 8.42 Å². The fourth-order valence-corrected chi connectivity index (χ4v) is 3.49. The predicted octanol–water partition coefficient (Wildman–Crippen LogP) is 2.15. The fraction of sp³-hybridized carbons (Fsp3) is 0.571. The van der Waals surface area contributed by atoms with E-state index in [1.54, 1.807) is 0 Å². The lowest BCUT2D eigenvalue weighted by molar-refractivity contribution is 0.586. The van der Waals surface area contributed by atoms with Crippen molar-refractivity contribution in [3.05, 3.63) is 29.8 Å². The first-order valence-corrected chi connectivity index (χ1v) is 8.40. The van der Waals surface area contributed by atoms with Crippen LogP contribution in [-0.4, -0.2) is 33.8 Å². The van der Waals surface area contributed by atoms with Crippen molar-refractivity contribution >= 4 is 15.7 Å². The van der Waals surface area contributed by atoms with Gasteiger partial charge in [-0.2, -0.15) is 0 Å². The van der Waals surface area contributed by atoms with Crippen LogP contribution in [0.1, 0.15) is 25.8 Å². The summed E-state index contributed by atoms with van der Waals surface area (Å²) in [5.41, 5.74) is 1.76. The summed E-state index contributed by atoms with van der Waals surface area (Å²) in [7, 11) is -3.26. The largest absolute Gasteiger partial charge is 0.316 e. The molecule has 0 bridgehead atoms. The minimum absolute atomic E-state index is 0.134. The molecule has 1 aromatic rings. The average molecular weight is 284 g/mol.